The maximum absolute atomic E-state index is 12.9. The lowest BCUT2D eigenvalue weighted by atomic mass is 9.86. The van der Waals surface area contributed by atoms with Crippen molar-refractivity contribution in [3.05, 3.63) is 29.3 Å². The number of rotatable bonds is 3. The van der Waals surface area contributed by atoms with Crippen LogP contribution in [0.3, 0.4) is 0 Å². The molecule has 1 N–H and O–H groups in total. The van der Waals surface area contributed by atoms with Crippen LogP contribution in [-0.2, 0) is 0 Å². The molecule has 0 aromatic heterocycles. The van der Waals surface area contributed by atoms with Crippen molar-refractivity contribution < 1.29 is 4.79 Å². The Labute approximate surface area is 165 Å². The van der Waals surface area contributed by atoms with Crippen LogP contribution in [0, 0.1) is 5.92 Å². The standard InChI is InChI=1S/C15H17Cl4N3OS/c16-11-7-4-8-12(9-11)21-13(10-5-2-1-3-6-10)20-22(14(21)23)24-15(17,18)19/h4,7-10,13,20H,1-3,5-6H2. The van der Waals surface area contributed by atoms with Crippen molar-refractivity contribution in [3.8, 4) is 0 Å². The Balaban J connectivity index is 1.89. The van der Waals surface area contributed by atoms with Crippen molar-refractivity contribution in [2.24, 2.45) is 5.92 Å². The van der Waals surface area contributed by atoms with Gasteiger partial charge in [-0.1, -0.05) is 71.7 Å². The molecule has 1 heterocycles. The number of nitrogens with zero attached hydrogens (tertiary/aromatic N) is 2. The minimum Gasteiger partial charge on any atom is -0.274 e. The molecule has 132 valence electrons. The van der Waals surface area contributed by atoms with E-state index in [-0.39, 0.29) is 12.2 Å². The highest BCUT2D eigenvalue weighted by atomic mass is 35.6. The summed E-state index contributed by atoms with van der Waals surface area (Å²) < 4.78 is -0.308. The number of hydrogen-bond acceptors (Lipinski definition) is 3. The predicted octanol–water partition coefficient (Wildman–Crippen LogP) is 5.97. The van der Waals surface area contributed by atoms with Gasteiger partial charge in [0.25, 0.3) is 3.12 Å². The summed E-state index contributed by atoms with van der Waals surface area (Å²) in [5.41, 5.74) is 3.95. The van der Waals surface area contributed by atoms with E-state index in [2.05, 4.69) is 5.43 Å². The van der Waals surface area contributed by atoms with Gasteiger partial charge in [-0.2, -0.15) is 9.84 Å². The summed E-state index contributed by atoms with van der Waals surface area (Å²) in [6.45, 7) is 0. The number of anilines is 1. The second-order valence-electron chi connectivity index (χ2n) is 5.94. The molecule has 1 saturated carbocycles. The fourth-order valence-corrected chi connectivity index (χ4v) is 4.62. The molecule has 1 unspecified atom stereocenters. The highest BCUT2D eigenvalue weighted by Crippen LogP contribution is 2.44. The molecule has 1 aromatic rings. The normalized spacial score (nSPS) is 23.2. The molecule has 1 aliphatic heterocycles. The topological polar surface area (TPSA) is 35.6 Å². The van der Waals surface area contributed by atoms with Crippen LogP contribution in [0.25, 0.3) is 0 Å². The Hall–Kier alpha value is -0.0400. The Morgan fingerprint density at radius 2 is 1.88 bits per heavy atom. The van der Waals surface area contributed by atoms with Crippen LogP contribution >= 0.6 is 58.4 Å². The van der Waals surface area contributed by atoms with Crippen LogP contribution in [0.5, 0.6) is 0 Å². The van der Waals surface area contributed by atoms with Crippen LogP contribution in [0.4, 0.5) is 10.5 Å². The minimum absolute atomic E-state index is 0.170. The van der Waals surface area contributed by atoms with Crippen molar-refractivity contribution in [2.75, 3.05) is 4.90 Å². The average Bonchev–Trinajstić information content (AvgIpc) is 2.83. The number of amides is 2. The molecule has 24 heavy (non-hydrogen) atoms. The fraction of sp³-hybridized carbons (Fsp3) is 0.533. The molecule has 0 spiro atoms. The zero-order valence-corrected chi connectivity index (χ0v) is 16.6. The molecule has 2 amide bonds. The van der Waals surface area contributed by atoms with E-state index in [1.165, 1.54) is 10.8 Å². The molecule has 1 aromatic carbocycles. The maximum Gasteiger partial charge on any atom is 0.350 e. The lowest BCUT2D eigenvalue weighted by molar-refractivity contribution is 0.234. The number of hydrogen-bond donors (Lipinski definition) is 1. The first-order valence-electron chi connectivity index (χ1n) is 7.76. The van der Waals surface area contributed by atoms with Crippen molar-refractivity contribution in [3.63, 3.8) is 0 Å². The Kier molecular flexibility index (Phi) is 6.00. The van der Waals surface area contributed by atoms with E-state index in [1.54, 1.807) is 17.0 Å². The highest BCUT2D eigenvalue weighted by Gasteiger charge is 2.45. The summed E-state index contributed by atoms with van der Waals surface area (Å²) in [5, 5.41) is 0.579. The molecule has 1 aliphatic carbocycles. The molecule has 3 rings (SSSR count). The number of hydrazine groups is 1. The number of carbonyl (C=O) groups is 1. The lowest BCUT2D eigenvalue weighted by Crippen LogP contribution is -2.44. The molecule has 2 fully saturated rings. The minimum atomic E-state index is -1.62. The van der Waals surface area contributed by atoms with Gasteiger partial charge in [0.2, 0.25) is 0 Å². The Morgan fingerprint density at radius 3 is 2.50 bits per heavy atom. The van der Waals surface area contributed by atoms with Crippen LogP contribution in [0.2, 0.25) is 5.02 Å². The number of urea groups is 1. The molecule has 9 heteroatoms. The van der Waals surface area contributed by atoms with Gasteiger partial charge in [0.05, 0.1) is 0 Å². The molecule has 1 atom stereocenters. The molecule has 1 saturated heterocycles. The first kappa shape index (κ1) is 18.7. The fourth-order valence-electron chi connectivity index (χ4n) is 3.28. The van der Waals surface area contributed by atoms with Gasteiger partial charge in [0.15, 0.2) is 0 Å². The number of alkyl halides is 3. The number of benzene rings is 1. The average molecular weight is 429 g/mol. The quantitative estimate of drug-likeness (QED) is 0.475. The van der Waals surface area contributed by atoms with E-state index < -0.39 is 3.12 Å². The summed E-state index contributed by atoms with van der Waals surface area (Å²) in [6, 6.07) is 6.99. The molecule has 0 bridgehead atoms. The van der Waals surface area contributed by atoms with Crippen LogP contribution in [0.15, 0.2) is 24.3 Å². The van der Waals surface area contributed by atoms with Crippen LogP contribution in [-0.4, -0.2) is 19.7 Å². The maximum atomic E-state index is 12.9. The second kappa shape index (κ2) is 7.68. The van der Waals surface area contributed by atoms with Gasteiger partial charge in [-0.3, -0.25) is 4.90 Å². The summed E-state index contributed by atoms with van der Waals surface area (Å²) in [4.78, 5) is 14.6. The largest absolute Gasteiger partial charge is 0.350 e. The van der Waals surface area contributed by atoms with Crippen molar-refractivity contribution in [2.45, 2.75) is 41.4 Å². The van der Waals surface area contributed by atoms with Gasteiger partial charge in [-0.05, 0) is 37.0 Å². The predicted molar refractivity (Wildman–Crippen MR) is 103 cm³/mol. The number of halogens is 4. The van der Waals surface area contributed by atoms with E-state index in [1.807, 2.05) is 12.1 Å². The molecular weight excluding hydrogens is 412 g/mol. The van der Waals surface area contributed by atoms with E-state index in [0.717, 1.165) is 43.3 Å². The van der Waals surface area contributed by atoms with Gasteiger partial charge >= 0.3 is 6.03 Å². The van der Waals surface area contributed by atoms with Gasteiger partial charge in [-0.25, -0.2) is 4.79 Å². The van der Waals surface area contributed by atoms with Gasteiger partial charge < -0.3 is 0 Å². The zero-order valence-electron chi connectivity index (χ0n) is 12.7. The third kappa shape index (κ3) is 4.37. The van der Waals surface area contributed by atoms with E-state index in [4.69, 9.17) is 46.4 Å². The van der Waals surface area contributed by atoms with Crippen LogP contribution in [0.1, 0.15) is 32.1 Å². The zero-order chi connectivity index (χ0) is 17.3. The summed E-state index contributed by atoms with van der Waals surface area (Å²) in [5.74, 6) is 0.350. The highest BCUT2D eigenvalue weighted by molar-refractivity contribution is 8.03. The van der Waals surface area contributed by atoms with E-state index in [0.29, 0.717) is 10.9 Å². The molecule has 4 nitrogen and oxygen atoms in total. The summed E-state index contributed by atoms with van der Waals surface area (Å²) in [6.07, 6.45) is 5.52. The SMILES string of the molecule is O=C1N(SC(Cl)(Cl)Cl)NC(C2CCCCC2)N1c1cccc(Cl)c1. The first-order chi connectivity index (χ1) is 11.3. The second-order valence-corrected chi connectivity index (χ2v) is 10.5. The van der Waals surface area contributed by atoms with Crippen molar-refractivity contribution >= 4 is 70.1 Å². The third-order valence-corrected chi connectivity index (χ3v) is 5.79. The number of carbonyl (C=O) groups excluding carboxylic acids is 1. The van der Waals surface area contributed by atoms with Crippen LogP contribution < -0.4 is 10.3 Å². The lowest BCUT2D eigenvalue weighted by Gasteiger charge is -2.32. The molecule has 0 radical (unpaired) electrons. The van der Waals surface area contributed by atoms with Gasteiger partial charge in [0, 0.05) is 22.7 Å². The van der Waals surface area contributed by atoms with Crippen molar-refractivity contribution in [1.82, 2.24) is 9.84 Å². The monoisotopic (exact) mass is 427 g/mol. The smallest absolute Gasteiger partial charge is 0.274 e. The van der Waals surface area contributed by atoms with Gasteiger partial charge in [-0.15, -0.1) is 0 Å². The third-order valence-electron chi connectivity index (χ3n) is 4.29. The van der Waals surface area contributed by atoms with Crippen molar-refractivity contribution in [1.29, 1.82) is 0 Å². The Bertz CT molecular complexity index is 607. The number of nitrogens with one attached hydrogen (secondary N) is 1. The summed E-state index contributed by atoms with van der Waals surface area (Å²) in [7, 11) is 0. The van der Waals surface area contributed by atoms with E-state index in [9.17, 15) is 4.79 Å². The summed E-state index contributed by atoms with van der Waals surface area (Å²) >= 11 is 24.5. The Morgan fingerprint density at radius 1 is 1.17 bits per heavy atom. The molecule has 2 aliphatic rings. The van der Waals surface area contributed by atoms with Gasteiger partial charge in [0.1, 0.15) is 6.17 Å². The van der Waals surface area contributed by atoms with E-state index >= 15 is 0 Å². The molecular formula is C15H17Cl4N3OS. The first-order valence-corrected chi connectivity index (χ1v) is 10.0.